The number of hydrogen-bond donors (Lipinski definition) is 2. The van der Waals surface area contributed by atoms with Gasteiger partial charge in [-0.3, -0.25) is 0 Å². The highest BCUT2D eigenvalue weighted by molar-refractivity contribution is 7.99. The van der Waals surface area contributed by atoms with Gasteiger partial charge >= 0.3 is 0 Å². The van der Waals surface area contributed by atoms with Crippen LogP contribution in [-0.2, 0) is 6.42 Å². The lowest BCUT2D eigenvalue weighted by Crippen LogP contribution is -1.87. The second-order valence-corrected chi connectivity index (χ2v) is 4.89. The fraction of sp³-hybridized carbons (Fsp3) is 0.231. The number of aryl methyl sites for hydroxylation is 2. The van der Waals surface area contributed by atoms with Crippen molar-refractivity contribution in [3.8, 4) is 11.5 Å². The van der Waals surface area contributed by atoms with E-state index in [0.717, 1.165) is 17.9 Å². The van der Waals surface area contributed by atoms with Gasteiger partial charge in [0.2, 0.25) is 0 Å². The van der Waals surface area contributed by atoms with E-state index in [1.807, 2.05) is 18.2 Å². The first-order valence-corrected chi connectivity index (χ1v) is 6.34. The third-order valence-corrected chi connectivity index (χ3v) is 3.55. The molecule has 90 valence electrons. The average Bonchev–Trinajstić information content (AvgIpc) is 2.82. The van der Waals surface area contributed by atoms with Crippen molar-refractivity contribution >= 4 is 11.8 Å². The van der Waals surface area contributed by atoms with E-state index in [9.17, 15) is 10.2 Å². The minimum absolute atomic E-state index is 0.0329. The highest BCUT2D eigenvalue weighted by Gasteiger charge is 2.09. The van der Waals surface area contributed by atoms with Gasteiger partial charge in [0, 0.05) is 12.2 Å². The Morgan fingerprint density at radius 2 is 2.00 bits per heavy atom. The lowest BCUT2D eigenvalue weighted by atomic mass is 10.2. The Morgan fingerprint density at radius 3 is 2.71 bits per heavy atom. The molecule has 1 aromatic carbocycles. The van der Waals surface area contributed by atoms with E-state index in [-0.39, 0.29) is 11.5 Å². The van der Waals surface area contributed by atoms with Gasteiger partial charge in [0.05, 0.1) is 11.2 Å². The fourth-order valence-electron chi connectivity index (χ4n) is 1.49. The molecule has 0 aliphatic carbocycles. The summed E-state index contributed by atoms with van der Waals surface area (Å²) in [4.78, 5) is 0.694. The van der Waals surface area contributed by atoms with Gasteiger partial charge < -0.3 is 14.6 Å². The lowest BCUT2D eigenvalue weighted by Gasteiger charge is -2.07. The Morgan fingerprint density at radius 1 is 1.18 bits per heavy atom. The number of phenols is 2. The molecule has 0 aliphatic heterocycles. The standard InChI is InChI=1S/C13H14O3S/c1-9-4-5-11(13(15)12(9)14)17-8-6-10-3-2-7-16-10/h2-5,7,14-15H,6,8H2,1H3. The molecule has 2 rings (SSSR count). The summed E-state index contributed by atoms with van der Waals surface area (Å²) in [6.07, 6.45) is 2.45. The molecule has 17 heavy (non-hydrogen) atoms. The lowest BCUT2D eigenvalue weighted by molar-refractivity contribution is 0.392. The predicted molar refractivity (Wildman–Crippen MR) is 67.6 cm³/mol. The zero-order valence-corrected chi connectivity index (χ0v) is 10.3. The third kappa shape index (κ3) is 2.77. The van der Waals surface area contributed by atoms with E-state index in [0.29, 0.717) is 10.5 Å². The van der Waals surface area contributed by atoms with Crippen LogP contribution in [-0.4, -0.2) is 16.0 Å². The normalized spacial score (nSPS) is 10.6. The van der Waals surface area contributed by atoms with Gasteiger partial charge in [-0.2, -0.15) is 0 Å². The van der Waals surface area contributed by atoms with Crippen LogP contribution in [0.25, 0.3) is 0 Å². The Balaban J connectivity index is 1.97. The molecule has 0 aliphatic rings. The molecule has 2 N–H and O–H groups in total. The second kappa shape index (κ2) is 5.19. The van der Waals surface area contributed by atoms with Crippen LogP contribution in [0, 0.1) is 6.92 Å². The smallest absolute Gasteiger partial charge is 0.171 e. The highest BCUT2D eigenvalue weighted by atomic mass is 32.2. The van der Waals surface area contributed by atoms with Crippen molar-refractivity contribution in [3.05, 3.63) is 41.9 Å². The van der Waals surface area contributed by atoms with Crippen molar-refractivity contribution in [1.29, 1.82) is 0 Å². The molecule has 0 fully saturated rings. The Bertz CT molecular complexity index is 492. The van der Waals surface area contributed by atoms with Crippen molar-refractivity contribution in [2.45, 2.75) is 18.2 Å². The second-order valence-electron chi connectivity index (χ2n) is 3.76. The van der Waals surface area contributed by atoms with E-state index in [1.54, 1.807) is 19.3 Å². The minimum Gasteiger partial charge on any atom is -0.504 e. The summed E-state index contributed by atoms with van der Waals surface area (Å²) in [7, 11) is 0. The molecule has 3 nitrogen and oxygen atoms in total. The number of thioether (sulfide) groups is 1. The number of rotatable bonds is 4. The van der Waals surface area contributed by atoms with Crippen LogP contribution in [0.5, 0.6) is 11.5 Å². The van der Waals surface area contributed by atoms with E-state index in [1.165, 1.54) is 11.8 Å². The van der Waals surface area contributed by atoms with Gasteiger partial charge in [0.15, 0.2) is 11.5 Å². The summed E-state index contributed by atoms with van der Waals surface area (Å²) in [5, 5.41) is 19.3. The SMILES string of the molecule is Cc1ccc(SCCc2ccco2)c(O)c1O. The Labute approximate surface area is 104 Å². The van der Waals surface area contributed by atoms with Gasteiger partial charge in [-0.05, 0) is 30.7 Å². The van der Waals surface area contributed by atoms with Crippen LogP contribution in [0.3, 0.4) is 0 Å². The molecule has 0 atom stereocenters. The van der Waals surface area contributed by atoms with Crippen LogP contribution in [0.4, 0.5) is 0 Å². The van der Waals surface area contributed by atoms with Crippen molar-refractivity contribution in [3.63, 3.8) is 0 Å². The topological polar surface area (TPSA) is 53.6 Å². The summed E-state index contributed by atoms with van der Waals surface area (Å²) in [6, 6.07) is 7.39. The Hall–Kier alpha value is -1.55. The fourth-order valence-corrected chi connectivity index (χ4v) is 2.42. The zero-order valence-electron chi connectivity index (χ0n) is 9.51. The number of hydrogen-bond acceptors (Lipinski definition) is 4. The summed E-state index contributed by atoms with van der Waals surface area (Å²) >= 11 is 1.50. The molecule has 0 amide bonds. The molecule has 0 saturated carbocycles. The quantitative estimate of drug-likeness (QED) is 0.645. The van der Waals surface area contributed by atoms with Gasteiger partial charge in [-0.25, -0.2) is 0 Å². The van der Waals surface area contributed by atoms with Crippen LogP contribution < -0.4 is 0 Å². The average molecular weight is 250 g/mol. The van der Waals surface area contributed by atoms with Crippen LogP contribution in [0.1, 0.15) is 11.3 Å². The van der Waals surface area contributed by atoms with E-state index >= 15 is 0 Å². The van der Waals surface area contributed by atoms with Gasteiger partial charge in [-0.15, -0.1) is 11.8 Å². The van der Waals surface area contributed by atoms with Gasteiger partial charge in [0.1, 0.15) is 5.76 Å². The molecule has 0 saturated heterocycles. The number of furan rings is 1. The first-order valence-electron chi connectivity index (χ1n) is 5.35. The molecular formula is C13H14O3S. The van der Waals surface area contributed by atoms with E-state index in [2.05, 4.69) is 0 Å². The number of aromatic hydroxyl groups is 2. The first-order chi connectivity index (χ1) is 8.18. The molecule has 0 spiro atoms. The maximum atomic E-state index is 9.74. The maximum Gasteiger partial charge on any atom is 0.171 e. The predicted octanol–water partition coefficient (Wildman–Crippen LogP) is 3.33. The molecule has 1 heterocycles. The summed E-state index contributed by atoms with van der Waals surface area (Å²) in [6.45, 7) is 1.76. The molecule has 1 aromatic heterocycles. The molecule has 0 unspecified atom stereocenters. The molecule has 2 aromatic rings. The van der Waals surface area contributed by atoms with Crippen molar-refractivity contribution in [1.82, 2.24) is 0 Å². The van der Waals surface area contributed by atoms with Gasteiger partial charge in [-0.1, -0.05) is 6.07 Å². The van der Waals surface area contributed by atoms with Crippen molar-refractivity contribution < 1.29 is 14.6 Å². The molecule has 0 radical (unpaired) electrons. The molecule has 0 bridgehead atoms. The number of phenolic OH excluding ortho intramolecular Hbond substituents is 2. The van der Waals surface area contributed by atoms with Crippen LogP contribution in [0.15, 0.2) is 39.8 Å². The van der Waals surface area contributed by atoms with Crippen molar-refractivity contribution in [2.24, 2.45) is 0 Å². The zero-order chi connectivity index (χ0) is 12.3. The summed E-state index contributed by atoms with van der Waals surface area (Å²) in [5.41, 5.74) is 0.679. The van der Waals surface area contributed by atoms with Gasteiger partial charge in [0.25, 0.3) is 0 Å². The summed E-state index contributed by atoms with van der Waals surface area (Å²) in [5.74, 6) is 1.65. The number of benzene rings is 1. The Kier molecular flexibility index (Phi) is 3.64. The molecular weight excluding hydrogens is 236 g/mol. The van der Waals surface area contributed by atoms with Crippen LogP contribution in [0.2, 0.25) is 0 Å². The minimum atomic E-state index is -0.0343. The van der Waals surface area contributed by atoms with Crippen LogP contribution >= 0.6 is 11.8 Å². The maximum absolute atomic E-state index is 9.74. The summed E-state index contributed by atoms with van der Waals surface area (Å²) < 4.78 is 5.22. The highest BCUT2D eigenvalue weighted by Crippen LogP contribution is 2.38. The van der Waals surface area contributed by atoms with E-state index < -0.39 is 0 Å². The van der Waals surface area contributed by atoms with Crippen molar-refractivity contribution in [2.75, 3.05) is 5.75 Å². The third-order valence-electron chi connectivity index (χ3n) is 2.50. The molecule has 4 heteroatoms. The largest absolute Gasteiger partial charge is 0.504 e. The monoisotopic (exact) mass is 250 g/mol. The first kappa shape index (κ1) is 11.9. The van der Waals surface area contributed by atoms with E-state index in [4.69, 9.17) is 4.42 Å².